The minimum Gasteiger partial charge on any atom is -0.494 e. The van der Waals surface area contributed by atoms with Crippen molar-refractivity contribution in [2.45, 2.75) is 56.4 Å². The van der Waals surface area contributed by atoms with Gasteiger partial charge in [0.1, 0.15) is 17.4 Å². The summed E-state index contributed by atoms with van der Waals surface area (Å²) in [4.78, 5) is 44.3. The molecule has 9 nitrogen and oxygen atoms in total. The molecule has 3 aliphatic rings. The summed E-state index contributed by atoms with van der Waals surface area (Å²) in [6, 6.07) is 21.6. The second kappa shape index (κ2) is 11.9. The molecule has 3 fully saturated rings. The van der Waals surface area contributed by atoms with Crippen molar-refractivity contribution >= 4 is 40.7 Å². The number of carbonyl (C=O) groups excluding carboxylic acids is 3. The first-order valence-electron chi connectivity index (χ1n) is 15.0. The van der Waals surface area contributed by atoms with Crippen LogP contribution in [0.1, 0.15) is 32.3 Å². The topological polar surface area (TPSA) is 117 Å². The second-order valence-corrected chi connectivity index (χ2v) is 12.3. The molecule has 1 spiro atoms. The molecule has 3 aliphatic heterocycles. The number of ether oxygens (including phenoxy) is 2. The van der Waals surface area contributed by atoms with Gasteiger partial charge >= 0.3 is 0 Å². The number of nitrogens with one attached hydrogen (secondary N) is 2. The van der Waals surface area contributed by atoms with Gasteiger partial charge in [0, 0.05) is 5.69 Å². The van der Waals surface area contributed by atoms with Crippen molar-refractivity contribution in [3.05, 3.63) is 89.4 Å². The van der Waals surface area contributed by atoms with E-state index in [1.165, 1.54) is 4.90 Å². The first kappa shape index (κ1) is 30.1. The van der Waals surface area contributed by atoms with E-state index < -0.39 is 41.0 Å². The number of amides is 3. The van der Waals surface area contributed by atoms with Crippen molar-refractivity contribution in [2.24, 2.45) is 11.8 Å². The van der Waals surface area contributed by atoms with Crippen LogP contribution in [0.3, 0.4) is 0 Å². The zero-order valence-corrected chi connectivity index (χ0v) is 25.4. The van der Waals surface area contributed by atoms with Crippen LogP contribution in [-0.2, 0) is 25.5 Å². The number of nitrogens with zero attached hydrogens (tertiary/aromatic N) is 1. The molecule has 3 N–H and O–H groups in total. The van der Waals surface area contributed by atoms with Crippen LogP contribution in [0.5, 0.6) is 5.75 Å². The Morgan fingerprint density at radius 1 is 1.02 bits per heavy atom. The van der Waals surface area contributed by atoms with Gasteiger partial charge in [-0.05, 0) is 75.1 Å². The Morgan fingerprint density at radius 2 is 1.73 bits per heavy atom. The molecule has 6 atom stereocenters. The van der Waals surface area contributed by atoms with Gasteiger partial charge in [-0.2, -0.15) is 0 Å². The average Bonchev–Trinajstić information content (AvgIpc) is 3.59. The van der Waals surface area contributed by atoms with Gasteiger partial charge in [0.15, 0.2) is 0 Å². The van der Waals surface area contributed by atoms with Gasteiger partial charge in [0.05, 0.1) is 47.4 Å². The van der Waals surface area contributed by atoms with Crippen molar-refractivity contribution in [1.82, 2.24) is 4.90 Å². The van der Waals surface area contributed by atoms with E-state index >= 15 is 0 Å². The maximum absolute atomic E-state index is 14.6. The van der Waals surface area contributed by atoms with E-state index in [4.69, 9.17) is 21.1 Å². The number of anilines is 2. The molecule has 3 saturated heterocycles. The molecular weight excluding hydrogens is 582 g/mol. The molecule has 3 aromatic carbocycles. The van der Waals surface area contributed by atoms with Crippen LogP contribution in [0.4, 0.5) is 11.4 Å². The van der Waals surface area contributed by atoms with E-state index in [0.29, 0.717) is 48.0 Å². The molecule has 10 heteroatoms. The molecule has 0 radical (unpaired) electrons. The SMILES string of the molecule is CCOc1ccc(NC(=O)[C@H]2[C@H]3C(=O)N([C@@H](CO)Cc4ccccc4)C(C(=O)Nc4ccccc4Cl)C34CC[C@]2(C)O4)cc1. The Hall–Kier alpha value is -3.92. The maximum Gasteiger partial charge on any atom is 0.250 e. The van der Waals surface area contributed by atoms with Gasteiger partial charge in [-0.15, -0.1) is 0 Å². The Balaban J connectivity index is 1.37. The van der Waals surface area contributed by atoms with Gasteiger partial charge in [0.2, 0.25) is 17.7 Å². The lowest BCUT2D eigenvalue weighted by Gasteiger charge is -2.37. The predicted molar refractivity (Wildman–Crippen MR) is 166 cm³/mol. The number of aliphatic hydroxyl groups excluding tert-OH is 1. The summed E-state index contributed by atoms with van der Waals surface area (Å²) >= 11 is 6.39. The molecule has 0 aromatic heterocycles. The molecule has 44 heavy (non-hydrogen) atoms. The van der Waals surface area contributed by atoms with Gasteiger partial charge in [-0.3, -0.25) is 14.4 Å². The third kappa shape index (κ3) is 5.12. The van der Waals surface area contributed by atoms with E-state index in [2.05, 4.69) is 10.6 Å². The fraction of sp³-hybridized carbons (Fsp3) is 0.382. The van der Waals surface area contributed by atoms with Crippen LogP contribution in [0.15, 0.2) is 78.9 Å². The largest absolute Gasteiger partial charge is 0.494 e. The molecule has 6 rings (SSSR count). The zero-order chi connectivity index (χ0) is 31.1. The highest BCUT2D eigenvalue weighted by atomic mass is 35.5. The highest BCUT2D eigenvalue weighted by Crippen LogP contribution is 2.63. The van der Waals surface area contributed by atoms with E-state index in [-0.39, 0.29) is 18.4 Å². The number of likely N-dealkylation sites (tertiary alicyclic amines) is 1. The van der Waals surface area contributed by atoms with Crippen molar-refractivity contribution in [2.75, 3.05) is 23.8 Å². The summed E-state index contributed by atoms with van der Waals surface area (Å²) in [5.74, 6) is -2.30. The summed E-state index contributed by atoms with van der Waals surface area (Å²) < 4.78 is 12.2. The minimum absolute atomic E-state index is 0.321. The van der Waals surface area contributed by atoms with Gasteiger partial charge in [-0.25, -0.2) is 0 Å². The summed E-state index contributed by atoms with van der Waals surface area (Å²) in [6.45, 7) is 3.89. The van der Waals surface area contributed by atoms with E-state index in [1.54, 1.807) is 48.5 Å². The maximum atomic E-state index is 14.6. The average molecular weight is 618 g/mol. The Labute approximate surface area is 261 Å². The van der Waals surface area contributed by atoms with Crippen LogP contribution in [0, 0.1) is 11.8 Å². The molecule has 0 aliphatic carbocycles. The van der Waals surface area contributed by atoms with E-state index in [0.717, 1.165) is 5.56 Å². The number of hydrogen-bond donors (Lipinski definition) is 3. The first-order chi connectivity index (χ1) is 21.2. The number of fused-ring (bicyclic) bond motifs is 1. The fourth-order valence-electron chi connectivity index (χ4n) is 7.38. The summed E-state index contributed by atoms with van der Waals surface area (Å²) in [5.41, 5.74) is -0.354. The highest BCUT2D eigenvalue weighted by molar-refractivity contribution is 6.33. The lowest BCUT2D eigenvalue weighted by atomic mass is 9.66. The predicted octanol–water partition coefficient (Wildman–Crippen LogP) is 4.68. The highest BCUT2D eigenvalue weighted by Gasteiger charge is 2.78. The summed E-state index contributed by atoms with van der Waals surface area (Å²) in [6.07, 6.45) is 1.22. The molecule has 3 heterocycles. The van der Waals surface area contributed by atoms with Gasteiger partial charge < -0.3 is 30.1 Å². The van der Waals surface area contributed by atoms with Crippen molar-refractivity contribution in [1.29, 1.82) is 0 Å². The van der Waals surface area contributed by atoms with Crippen molar-refractivity contribution in [3.8, 4) is 5.75 Å². The van der Waals surface area contributed by atoms with Crippen LogP contribution < -0.4 is 15.4 Å². The Kier molecular flexibility index (Phi) is 8.13. The van der Waals surface area contributed by atoms with Crippen molar-refractivity contribution < 1.29 is 29.0 Å². The first-order valence-corrected chi connectivity index (χ1v) is 15.3. The van der Waals surface area contributed by atoms with Gasteiger partial charge in [0.25, 0.3) is 0 Å². The van der Waals surface area contributed by atoms with Gasteiger partial charge in [-0.1, -0.05) is 54.1 Å². The molecule has 2 unspecified atom stereocenters. The van der Waals surface area contributed by atoms with Crippen molar-refractivity contribution in [3.63, 3.8) is 0 Å². The lowest BCUT2D eigenvalue weighted by molar-refractivity contribution is -0.146. The van der Waals surface area contributed by atoms with Crippen LogP contribution in [0.2, 0.25) is 5.02 Å². The van der Waals surface area contributed by atoms with Crippen LogP contribution in [-0.4, -0.2) is 64.2 Å². The number of carbonyl (C=O) groups is 3. The Morgan fingerprint density at radius 3 is 2.41 bits per heavy atom. The Bertz CT molecular complexity index is 1550. The quantitative estimate of drug-likeness (QED) is 0.304. The third-order valence-corrected chi connectivity index (χ3v) is 9.56. The number of halogens is 1. The molecule has 3 aromatic rings. The zero-order valence-electron chi connectivity index (χ0n) is 24.7. The number of aliphatic hydroxyl groups is 1. The summed E-state index contributed by atoms with van der Waals surface area (Å²) in [5, 5.41) is 16.9. The fourth-order valence-corrected chi connectivity index (χ4v) is 7.56. The third-order valence-electron chi connectivity index (χ3n) is 9.23. The number of benzene rings is 3. The van der Waals surface area contributed by atoms with Crippen LogP contribution in [0.25, 0.3) is 0 Å². The molecular formula is C34H36ClN3O6. The molecule has 0 saturated carbocycles. The molecule has 3 amide bonds. The lowest BCUT2D eigenvalue weighted by Crippen LogP contribution is -2.57. The van der Waals surface area contributed by atoms with E-state index in [9.17, 15) is 19.5 Å². The second-order valence-electron chi connectivity index (χ2n) is 11.9. The summed E-state index contributed by atoms with van der Waals surface area (Å²) in [7, 11) is 0. The standard InChI is InChI=1S/C34H36ClN3O6/c1-3-43-24-15-13-22(14-16-24)36-30(40)27-28-32(42)38(23(20-39)19-21-9-5-4-6-10-21)29(34(28)18-17-33(27,2)44-34)31(41)37-26-12-8-7-11-25(26)35/h4-16,23,27-29,39H,3,17-20H2,1-2H3,(H,36,40)(H,37,41)/t23-,27-,28+,29?,33+,34?/m1/s1. The minimum atomic E-state index is -1.26. The number of para-hydroxylation sites is 1. The van der Waals surface area contributed by atoms with E-state index in [1.807, 2.05) is 44.2 Å². The smallest absolute Gasteiger partial charge is 0.250 e. The molecule has 230 valence electrons. The number of rotatable bonds is 10. The number of hydrogen-bond acceptors (Lipinski definition) is 6. The van der Waals surface area contributed by atoms with Crippen LogP contribution >= 0.6 is 11.6 Å². The molecule has 2 bridgehead atoms. The monoisotopic (exact) mass is 617 g/mol. The normalized spacial score (nSPS) is 27.6.